The summed E-state index contributed by atoms with van der Waals surface area (Å²) in [4.78, 5) is 17.0. The predicted octanol–water partition coefficient (Wildman–Crippen LogP) is 4.76. The van der Waals surface area contributed by atoms with Crippen LogP contribution in [0.5, 0.6) is 5.75 Å². The Kier molecular flexibility index (Phi) is 7.07. The van der Waals surface area contributed by atoms with E-state index in [1.54, 1.807) is 0 Å². The van der Waals surface area contributed by atoms with Crippen LogP contribution in [0.1, 0.15) is 28.3 Å². The first kappa shape index (κ1) is 21.9. The maximum atomic E-state index is 12.6. The van der Waals surface area contributed by atoms with Gasteiger partial charge in [0.1, 0.15) is 5.75 Å². The van der Waals surface area contributed by atoms with Crippen molar-refractivity contribution < 1.29 is 9.53 Å². The number of carbonyl (C=O) groups excluding carboxylic acids is 1. The molecule has 0 spiro atoms. The molecule has 1 saturated heterocycles. The highest BCUT2D eigenvalue weighted by Crippen LogP contribution is 2.29. The largest absolute Gasteiger partial charge is 0.473 e. The van der Waals surface area contributed by atoms with Crippen LogP contribution in [0.15, 0.2) is 78.9 Å². The minimum Gasteiger partial charge on any atom is -0.473 e. The van der Waals surface area contributed by atoms with Gasteiger partial charge in [0.05, 0.1) is 6.04 Å². The quantitative estimate of drug-likeness (QED) is 0.575. The average molecular weight is 430 g/mol. The zero-order chi connectivity index (χ0) is 22.3. The van der Waals surface area contributed by atoms with Crippen LogP contribution in [0.2, 0.25) is 0 Å². The minimum absolute atomic E-state index is 0.0792. The van der Waals surface area contributed by atoms with Crippen molar-refractivity contribution >= 4 is 6.03 Å². The summed E-state index contributed by atoms with van der Waals surface area (Å²) < 4.78 is 5.71. The van der Waals surface area contributed by atoms with Gasteiger partial charge in [-0.1, -0.05) is 66.7 Å². The Balaban J connectivity index is 1.33. The molecule has 3 aromatic rings. The molecule has 2 amide bonds. The molecule has 32 heavy (non-hydrogen) atoms. The molecule has 5 nitrogen and oxygen atoms in total. The van der Waals surface area contributed by atoms with Gasteiger partial charge in [0.2, 0.25) is 0 Å². The highest BCUT2D eigenvalue weighted by Gasteiger charge is 2.28. The molecule has 1 fully saturated rings. The molecule has 0 aliphatic carbocycles. The van der Waals surface area contributed by atoms with E-state index in [-0.39, 0.29) is 18.8 Å². The zero-order valence-corrected chi connectivity index (χ0v) is 18.8. The van der Waals surface area contributed by atoms with E-state index < -0.39 is 0 Å². The van der Waals surface area contributed by atoms with Crippen molar-refractivity contribution in [3.63, 3.8) is 0 Å². The lowest BCUT2D eigenvalue weighted by Crippen LogP contribution is -2.53. The number of piperazine rings is 1. The van der Waals surface area contributed by atoms with Crippen LogP contribution in [-0.2, 0) is 0 Å². The van der Waals surface area contributed by atoms with Crippen molar-refractivity contribution in [2.75, 3.05) is 32.9 Å². The van der Waals surface area contributed by atoms with Crippen LogP contribution >= 0.6 is 0 Å². The smallest absolute Gasteiger partial charge is 0.320 e. The van der Waals surface area contributed by atoms with Crippen LogP contribution in [0, 0.1) is 13.8 Å². The number of rotatable bonds is 6. The van der Waals surface area contributed by atoms with Crippen molar-refractivity contribution in [1.29, 1.82) is 0 Å². The average Bonchev–Trinajstić information content (AvgIpc) is 2.83. The van der Waals surface area contributed by atoms with E-state index in [1.807, 2.05) is 35.2 Å². The summed E-state index contributed by atoms with van der Waals surface area (Å²) in [5.41, 5.74) is 4.96. The summed E-state index contributed by atoms with van der Waals surface area (Å²) in [6.45, 7) is 7.30. The molecule has 0 radical (unpaired) electrons. The first-order valence-electron chi connectivity index (χ1n) is 11.2. The maximum Gasteiger partial charge on any atom is 0.320 e. The number of carbonyl (C=O) groups is 1. The summed E-state index contributed by atoms with van der Waals surface area (Å²) in [5.74, 6) is 0.770. The molecule has 166 valence electrons. The third-order valence-electron chi connectivity index (χ3n) is 6.14. The van der Waals surface area contributed by atoms with E-state index in [2.05, 4.69) is 72.6 Å². The number of nitrogens with zero attached hydrogens (tertiary/aromatic N) is 2. The van der Waals surface area contributed by atoms with Crippen LogP contribution in [0.4, 0.5) is 4.79 Å². The maximum absolute atomic E-state index is 12.6. The van der Waals surface area contributed by atoms with Gasteiger partial charge >= 0.3 is 6.03 Å². The Morgan fingerprint density at radius 1 is 0.844 bits per heavy atom. The summed E-state index contributed by atoms with van der Waals surface area (Å²) in [6, 6.07) is 27.2. The van der Waals surface area contributed by atoms with E-state index in [1.165, 1.54) is 22.3 Å². The lowest BCUT2D eigenvalue weighted by atomic mass is 9.96. The fraction of sp³-hybridized carbons (Fsp3) is 0.296. The van der Waals surface area contributed by atoms with Crippen LogP contribution in [0.25, 0.3) is 0 Å². The first-order chi connectivity index (χ1) is 15.6. The second-order valence-corrected chi connectivity index (χ2v) is 8.26. The van der Waals surface area contributed by atoms with Gasteiger partial charge in [-0.15, -0.1) is 0 Å². The minimum atomic E-state index is -0.0792. The molecule has 1 N–H and O–H groups in total. The normalized spacial score (nSPS) is 14.4. The van der Waals surface area contributed by atoms with E-state index in [4.69, 9.17) is 4.74 Å². The van der Waals surface area contributed by atoms with Gasteiger partial charge in [0, 0.05) is 26.2 Å². The van der Waals surface area contributed by atoms with E-state index in [9.17, 15) is 4.79 Å². The van der Waals surface area contributed by atoms with Crippen LogP contribution < -0.4 is 10.1 Å². The number of benzene rings is 3. The number of aryl methyl sites for hydroxylation is 2. The Labute approximate surface area is 190 Å². The lowest BCUT2D eigenvalue weighted by Gasteiger charge is -2.39. The number of urea groups is 1. The molecule has 0 aromatic heterocycles. The highest BCUT2D eigenvalue weighted by molar-refractivity contribution is 5.74. The second-order valence-electron chi connectivity index (χ2n) is 8.26. The molecule has 0 atom stereocenters. The summed E-state index contributed by atoms with van der Waals surface area (Å²) in [7, 11) is 0. The van der Waals surface area contributed by atoms with Crippen molar-refractivity contribution in [2.24, 2.45) is 0 Å². The molecule has 4 rings (SSSR count). The van der Waals surface area contributed by atoms with Crippen molar-refractivity contribution in [3.8, 4) is 5.75 Å². The summed E-state index contributed by atoms with van der Waals surface area (Å²) in [5, 5.41) is 2.89. The van der Waals surface area contributed by atoms with E-state index in [0.29, 0.717) is 13.1 Å². The van der Waals surface area contributed by atoms with Gasteiger partial charge in [0.15, 0.2) is 6.73 Å². The number of hydrogen-bond acceptors (Lipinski definition) is 3. The molecule has 1 heterocycles. The molecule has 5 heteroatoms. The molecule has 0 bridgehead atoms. The first-order valence-corrected chi connectivity index (χ1v) is 11.2. The van der Waals surface area contributed by atoms with Crippen molar-refractivity contribution in [2.45, 2.75) is 19.9 Å². The van der Waals surface area contributed by atoms with Gasteiger partial charge < -0.3 is 15.0 Å². The fourth-order valence-corrected chi connectivity index (χ4v) is 4.16. The number of ether oxygens (including phenoxy) is 1. The summed E-state index contributed by atoms with van der Waals surface area (Å²) >= 11 is 0. The third kappa shape index (κ3) is 5.29. The topological polar surface area (TPSA) is 44.8 Å². The zero-order valence-electron chi connectivity index (χ0n) is 18.8. The van der Waals surface area contributed by atoms with Crippen molar-refractivity contribution in [1.82, 2.24) is 15.1 Å². The molecule has 1 aliphatic heterocycles. The standard InChI is InChI=1S/C27H31N3O2/c1-21-13-14-25(19-22(21)2)32-20-28-27(31)30-17-15-29(16-18-30)26(23-9-5-3-6-10-23)24-11-7-4-8-12-24/h3-14,19,26H,15-18,20H2,1-2H3,(H,28,31). The Bertz CT molecular complexity index is 976. The number of amides is 2. The molecule has 1 aliphatic rings. The lowest BCUT2D eigenvalue weighted by molar-refractivity contribution is 0.116. The van der Waals surface area contributed by atoms with Crippen molar-refractivity contribution in [3.05, 3.63) is 101 Å². The fourth-order valence-electron chi connectivity index (χ4n) is 4.16. The SMILES string of the molecule is Cc1ccc(OCNC(=O)N2CCN(C(c3ccccc3)c3ccccc3)CC2)cc1C. The van der Waals surface area contributed by atoms with Gasteiger partial charge in [-0.3, -0.25) is 4.90 Å². The molecule has 3 aromatic carbocycles. The molecule has 0 unspecified atom stereocenters. The highest BCUT2D eigenvalue weighted by atomic mass is 16.5. The monoisotopic (exact) mass is 429 g/mol. The molecule has 0 saturated carbocycles. The number of hydrogen-bond donors (Lipinski definition) is 1. The van der Waals surface area contributed by atoms with E-state index >= 15 is 0 Å². The predicted molar refractivity (Wildman–Crippen MR) is 128 cm³/mol. The second kappa shape index (κ2) is 10.3. The molecular formula is C27H31N3O2. The van der Waals surface area contributed by atoms with Gasteiger partial charge in [-0.25, -0.2) is 4.79 Å². The van der Waals surface area contributed by atoms with Crippen LogP contribution in [-0.4, -0.2) is 48.7 Å². The number of nitrogens with one attached hydrogen (secondary N) is 1. The van der Waals surface area contributed by atoms with Gasteiger partial charge in [0.25, 0.3) is 0 Å². The van der Waals surface area contributed by atoms with Crippen LogP contribution in [0.3, 0.4) is 0 Å². The third-order valence-corrected chi connectivity index (χ3v) is 6.14. The summed E-state index contributed by atoms with van der Waals surface area (Å²) in [6.07, 6.45) is 0. The van der Waals surface area contributed by atoms with Gasteiger partial charge in [-0.2, -0.15) is 0 Å². The van der Waals surface area contributed by atoms with Gasteiger partial charge in [-0.05, 0) is 48.2 Å². The Morgan fingerprint density at radius 3 is 2.00 bits per heavy atom. The Morgan fingerprint density at radius 2 is 1.44 bits per heavy atom. The Hall–Kier alpha value is -3.31. The molecular weight excluding hydrogens is 398 g/mol. The van der Waals surface area contributed by atoms with E-state index in [0.717, 1.165) is 18.8 Å².